The highest BCUT2D eigenvalue weighted by Crippen LogP contribution is 2.36. The molecule has 4 rings (SSSR count). The van der Waals surface area contributed by atoms with Gasteiger partial charge in [-0.15, -0.1) is 0 Å². The van der Waals surface area contributed by atoms with Gasteiger partial charge in [-0.1, -0.05) is 35.9 Å². The van der Waals surface area contributed by atoms with E-state index in [1.807, 2.05) is 49.4 Å². The average molecular weight is 340 g/mol. The van der Waals surface area contributed by atoms with E-state index in [-0.39, 0.29) is 0 Å². The third kappa shape index (κ3) is 2.68. The summed E-state index contributed by atoms with van der Waals surface area (Å²) in [5.74, 6) is 0.614. The molecule has 4 aromatic rings. The van der Waals surface area contributed by atoms with Gasteiger partial charge in [-0.05, 0) is 25.1 Å². The van der Waals surface area contributed by atoms with Gasteiger partial charge < -0.3 is 9.72 Å². The first-order valence-corrected chi connectivity index (χ1v) is 8.19. The average Bonchev–Trinajstić information content (AvgIpc) is 3.11. The summed E-state index contributed by atoms with van der Waals surface area (Å²) in [7, 11) is 1.62. The van der Waals surface area contributed by atoms with Gasteiger partial charge in [-0.3, -0.25) is 0 Å². The number of benzene rings is 2. The fourth-order valence-corrected chi connectivity index (χ4v) is 3.00. The molecule has 0 spiro atoms. The highest BCUT2D eigenvalue weighted by Gasteiger charge is 2.17. The van der Waals surface area contributed by atoms with Gasteiger partial charge >= 0.3 is 0 Å². The van der Waals surface area contributed by atoms with Crippen LogP contribution in [0.1, 0.15) is 11.1 Å². The number of aromatic nitrogens is 3. The molecular formula is C21H16N4O. The second-order valence-corrected chi connectivity index (χ2v) is 6.07. The summed E-state index contributed by atoms with van der Waals surface area (Å²) >= 11 is 0. The maximum Gasteiger partial charge on any atom is 0.172 e. The van der Waals surface area contributed by atoms with E-state index in [9.17, 15) is 0 Å². The molecule has 1 N–H and O–H groups in total. The van der Waals surface area contributed by atoms with Crippen molar-refractivity contribution < 1.29 is 4.74 Å². The third-order valence-corrected chi connectivity index (χ3v) is 4.34. The molecule has 0 aliphatic rings. The molecule has 0 aliphatic carbocycles. The van der Waals surface area contributed by atoms with E-state index < -0.39 is 0 Å². The molecule has 5 heteroatoms. The molecule has 0 atom stereocenters. The van der Waals surface area contributed by atoms with E-state index in [0.717, 1.165) is 27.9 Å². The lowest BCUT2D eigenvalue weighted by Crippen LogP contribution is -1.97. The zero-order valence-electron chi connectivity index (χ0n) is 14.4. The van der Waals surface area contributed by atoms with Crippen molar-refractivity contribution in [2.24, 2.45) is 0 Å². The normalized spacial score (nSPS) is 10.7. The van der Waals surface area contributed by atoms with Crippen LogP contribution in [0.5, 0.6) is 5.75 Å². The van der Waals surface area contributed by atoms with Crippen molar-refractivity contribution in [3.8, 4) is 34.5 Å². The van der Waals surface area contributed by atoms with Crippen LogP contribution in [0.4, 0.5) is 0 Å². The Balaban J connectivity index is 1.88. The van der Waals surface area contributed by atoms with Crippen LogP contribution < -0.4 is 4.74 Å². The maximum absolute atomic E-state index is 9.08. The van der Waals surface area contributed by atoms with E-state index in [0.29, 0.717) is 17.0 Å². The van der Waals surface area contributed by atoms with Crippen molar-refractivity contribution in [1.29, 1.82) is 5.26 Å². The number of methoxy groups -OCH3 is 1. The molecule has 0 bridgehead atoms. The summed E-state index contributed by atoms with van der Waals surface area (Å²) in [5, 5.41) is 10.1. The lowest BCUT2D eigenvalue weighted by Gasteiger charge is -2.11. The number of hydrogen-bond donors (Lipinski definition) is 1. The quantitative estimate of drug-likeness (QED) is 0.596. The fraction of sp³-hybridized carbons (Fsp3) is 0.0952. The molecule has 0 amide bonds. The van der Waals surface area contributed by atoms with Crippen LogP contribution in [0.25, 0.3) is 33.5 Å². The topological polar surface area (TPSA) is 74.6 Å². The second kappa shape index (κ2) is 6.34. The zero-order chi connectivity index (χ0) is 18.1. The summed E-state index contributed by atoms with van der Waals surface area (Å²) in [6.07, 6.45) is 1.54. The van der Waals surface area contributed by atoms with Gasteiger partial charge in [-0.25, -0.2) is 9.97 Å². The number of ether oxygens (including phenoxy) is 1. The van der Waals surface area contributed by atoms with Crippen LogP contribution >= 0.6 is 0 Å². The van der Waals surface area contributed by atoms with Gasteiger partial charge in [0.1, 0.15) is 17.7 Å². The van der Waals surface area contributed by atoms with Gasteiger partial charge in [0.05, 0.1) is 24.4 Å². The molecule has 0 fully saturated rings. The largest absolute Gasteiger partial charge is 0.492 e. The first-order chi connectivity index (χ1) is 12.7. The van der Waals surface area contributed by atoms with E-state index in [4.69, 9.17) is 10.00 Å². The first-order valence-electron chi connectivity index (χ1n) is 8.19. The Morgan fingerprint density at radius 2 is 1.77 bits per heavy atom. The van der Waals surface area contributed by atoms with Gasteiger partial charge in [0.25, 0.3) is 0 Å². The van der Waals surface area contributed by atoms with Crippen LogP contribution in [-0.4, -0.2) is 22.1 Å². The van der Waals surface area contributed by atoms with E-state index in [2.05, 4.69) is 21.0 Å². The predicted molar refractivity (Wildman–Crippen MR) is 101 cm³/mol. The molecule has 0 saturated heterocycles. The van der Waals surface area contributed by atoms with Crippen LogP contribution in [0.2, 0.25) is 0 Å². The molecule has 0 radical (unpaired) electrons. The minimum absolute atomic E-state index is 0.612. The number of H-pyrrole nitrogens is 1. The van der Waals surface area contributed by atoms with Gasteiger partial charge in [0.2, 0.25) is 0 Å². The second-order valence-electron chi connectivity index (χ2n) is 6.07. The number of rotatable bonds is 3. The summed E-state index contributed by atoms with van der Waals surface area (Å²) in [6, 6.07) is 17.8. The SMILES string of the molecule is COc1c(-c2ccc(C)cc2)ncnc1-c1cc2ccc(C#N)cc2[nH]1. The number of fused-ring (bicyclic) bond motifs is 1. The van der Waals surface area contributed by atoms with Crippen molar-refractivity contribution >= 4 is 10.9 Å². The molecule has 5 nitrogen and oxygen atoms in total. The molecule has 126 valence electrons. The Morgan fingerprint density at radius 3 is 2.50 bits per heavy atom. The molecule has 2 aromatic heterocycles. The Morgan fingerprint density at radius 1 is 1.00 bits per heavy atom. The van der Waals surface area contributed by atoms with Gasteiger partial charge in [0, 0.05) is 16.5 Å². The van der Waals surface area contributed by atoms with Crippen LogP contribution in [0.3, 0.4) is 0 Å². The first kappa shape index (κ1) is 15.9. The molecular weight excluding hydrogens is 324 g/mol. The van der Waals surface area contributed by atoms with Crippen LogP contribution in [0, 0.1) is 18.3 Å². The maximum atomic E-state index is 9.08. The van der Waals surface area contributed by atoms with Crippen molar-refractivity contribution in [2.45, 2.75) is 6.92 Å². The van der Waals surface area contributed by atoms with Crippen LogP contribution in [0.15, 0.2) is 54.9 Å². The third-order valence-electron chi connectivity index (χ3n) is 4.34. The number of nitrogens with one attached hydrogen (secondary N) is 1. The Labute approximate surface area is 150 Å². The van der Waals surface area contributed by atoms with Crippen molar-refractivity contribution in [3.63, 3.8) is 0 Å². The van der Waals surface area contributed by atoms with Crippen molar-refractivity contribution in [3.05, 3.63) is 66.0 Å². The Kier molecular flexibility index (Phi) is 3.86. The smallest absolute Gasteiger partial charge is 0.172 e. The summed E-state index contributed by atoms with van der Waals surface area (Å²) in [4.78, 5) is 12.2. The predicted octanol–water partition coefficient (Wildman–Crippen LogP) is 4.48. The molecule has 0 unspecified atom stereocenters. The minimum Gasteiger partial charge on any atom is -0.492 e. The lowest BCUT2D eigenvalue weighted by atomic mass is 10.1. The van der Waals surface area contributed by atoms with Gasteiger partial charge in [-0.2, -0.15) is 5.26 Å². The standard InChI is InChI=1S/C21H16N4O/c1-13-3-6-15(7-4-13)19-21(26-2)20(24-12-23-19)18-10-16-8-5-14(11-22)9-17(16)25-18/h3-10,12,25H,1-2H3. The summed E-state index contributed by atoms with van der Waals surface area (Å²) in [6.45, 7) is 2.05. The van der Waals surface area contributed by atoms with E-state index in [1.165, 1.54) is 5.56 Å². The molecule has 2 aromatic carbocycles. The lowest BCUT2D eigenvalue weighted by molar-refractivity contribution is 0.414. The minimum atomic E-state index is 0.612. The zero-order valence-corrected chi connectivity index (χ0v) is 14.4. The highest BCUT2D eigenvalue weighted by atomic mass is 16.5. The van der Waals surface area contributed by atoms with Crippen LogP contribution in [-0.2, 0) is 0 Å². The molecule has 0 aliphatic heterocycles. The molecule has 26 heavy (non-hydrogen) atoms. The number of aromatic amines is 1. The van der Waals surface area contributed by atoms with E-state index in [1.54, 1.807) is 19.5 Å². The number of hydrogen-bond acceptors (Lipinski definition) is 4. The van der Waals surface area contributed by atoms with E-state index >= 15 is 0 Å². The Bertz CT molecular complexity index is 1140. The summed E-state index contributed by atoms with van der Waals surface area (Å²) < 4.78 is 5.66. The highest BCUT2D eigenvalue weighted by molar-refractivity contribution is 5.88. The molecule has 2 heterocycles. The van der Waals surface area contributed by atoms with Crippen molar-refractivity contribution in [1.82, 2.24) is 15.0 Å². The fourth-order valence-electron chi connectivity index (χ4n) is 3.00. The Hall–Kier alpha value is -3.65. The van der Waals surface area contributed by atoms with Crippen molar-refractivity contribution in [2.75, 3.05) is 7.11 Å². The number of nitriles is 1. The molecule has 0 saturated carbocycles. The number of aryl methyl sites for hydroxylation is 1. The van der Waals surface area contributed by atoms with Gasteiger partial charge in [0.15, 0.2) is 5.75 Å². The monoisotopic (exact) mass is 340 g/mol. The number of nitrogens with zero attached hydrogens (tertiary/aromatic N) is 3. The summed E-state index contributed by atoms with van der Waals surface area (Å²) in [5.41, 5.74) is 5.91.